The molecule has 4 rings (SSSR count). The number of nitrogens with zero attached hydrogens (tertiary/aromatic N) is 1. The molecule has 0 aliphatic rings. The van der Waals surface area contributed by atoms with Crippen molar-refractivity contribution in [2.24, 2.45) is 7.05 Å². The van der Waals surface area contributed by atoms with E-state index in [4.69, 9.17) is 23.8 Å². The van der Waals surface area contributed by atoms with E-state index in [-0.39, 0.29) is 11.3 Å². The fourth-order valence-corrected chi connectivity index (χ4v) is 3.83. The number of aromatic nitrogens is 2. The zero-order valence-corrected chi connectivity index (χ0v) is 18.1. The number of carbonyl (C=O) groups is 1. The van der Waals surface area contributed by atoms with Crippen molar-refractivity contribution in [3.8, 4) is 0 Å². The standard InChI is InChI=1S/C24H19ClN2O2S/c1-14-3-6-18(20-21(14)26-24(30)27(2)23(20)29)13-15-4-7-16(8-5-15)22(28)17-9-11-19(25)12-10-17/h3-12H,13H2,1-2H3,(H,26,30). The highest BCUT2D eigenvalue weighted by Crippen LogP contribution is 2.21. The first-order valence-corrected chi connectivity index (χ1v) is 10.2. The van der Waals surface area contributed by atoms with E-state index in [1.54, 1.807) is 31.3 Å². The Hall–Kier alpha value is -3.02. The number of hydrogen-bond acceptors (Lipinski definition) is 3. The Morgan fingerprint density at radius 3 is 2.23 bits per heavy atom. The van der Waals surface area contributed by atoms with Crippen molar-refractivity contribution in [1.82, 2.24) is 9.55 Å². The van der Waals surface area contributed by atoms with Crippen molar-refractivity contribution in [2.75, 3.05) is 0 Å². The summed E-state index contributed by atoms with van der Waals surface area (Å²) in [6.07, 6.45) is 0.575. The second-order valence-corrected chi connectivity index (χ2v) is 8.12. The zero-order valence-electron chi connectivity index (χ0n) is 16.5. The second-order valence-electron chi connectivity index (χ2n) is 7.30. The summed E-state index contributed by atoms with van der Waals surface area (Å²) in [7, 11) is 1.67. The molecule has 0 saturated heterocycles. The SMILES string of the molecule is Cc1ccc(Cc2ccc(C(=O)c3ccc(Cl)cc3)cc2)c2c(=O)n(C)c(=S)[nH]c12. The quantitative estimate of drug-likeness (QED) is 0.346. The van der Waals surface area contributed by atoms with Crippen LogP contribution in [0.1, 0.15) is 32.6 Å². The largest absolute Gasteiger partial charge is 0.331 e. The molecule has 0 fully saturated rings. The molecule has 3 aromatic carbocycles. The molecule has 0 saturated carbocycles. The lowest BCUT2D eigenvalue weighted by molar-refractivity contribution is 0.103. The molecule has 1 heterocycles. The predicted octanol–water partition coefficient (Wildman–Crippen LogP) is 5.38. The van der Waals surface area contributed by atoms with E-state index in [1.165, 1.54) is 4.57 Å². The Labute approximate surface area is 183 Å². The first kappa shape index (κ1) is 20.3. The first-order valence-electron chi connectivity index (χ1n) is 9.46. The summed E-state index contributed by atoms with van der Waals surface area (Å²) in [4.78, 5) is 28.7. The van der Waals surface area contributed by atoms with Crippen molar-refractivity contribution in [1.29, 1.82) is 0 Å². The number of hydrogen-bond donors (Lipinski definition) is 1. The van der Waals surface area contributed by atoms with Crippen LogP contribution in [0.3, 0.4) is 0 Å². The Morgan fingerprint density at radius 1 is 1.00 bits per heavy atom. The van der Waals surface area contributed by atoms with Crippen molar-refractivity contribution in [2.45, 2.75) is 13.3 Å². The Balaban J connectivity index is 1.68. The molecule has 1 aromatic heterocycles. The third-order valence-electron chi connectivity index (χ3n) is 5.27. The number of benzene rings is 3. The number of aryl methyl sites for hydroxylation is 1. The molecular formula is C24H19ClN2O2S. The van der Waals surface area contributed by atoms with Crippen LogP contribution in [-0.4, -0.2) is 15.3 Å². The summed E-state index contributed by atoms with van der Waals surface area (Å²) in [6, 6.07) is 18.3. The monoisotopic (exact) mass is 434 g/mol. The van der Waals surface area contributed by atoms with Gasteiger partial charge in [0.15, 0.2) is 10.6 Å². The van der Waals surface area contributed by atoms with Gasteiger partial charge in [-0.15, -0.1) is 0 Å². The number of halogens is 1. The summed E-state index contributed by atoms with van der Waals surface area (Å²) in [5.41, 5.74) is 4.76. The Bertz CT molecular complexity index is 1380. The van der Waals surface area contributed by atoms with Gasteiger partial charge in [0.05, 0.1) is 10.9 Å². The normalized spacial score (nSPS) is 11.0. The maximum atomic E-state index is 12.9. The number of aromatic amines is 1. The van der Waals surface area contributed by atoms with Gasteiger partial charge in [-0.25, -0.2) is 0 Å². The topological polar surface area (TPSA) is 54.9 Å². The number of ketones is 1. The molecule has 0 bridgehead atoms. The molecule has 0 aliphatic carbocycles. The third-order valence-corrected chi connectivity index (χ3v) is 5.90. The molecule has 150 valence electrons. The van der Waals surface area contributed by atoms with Crippen LogP contribution in [-0.2, 0) is 13.5 Å². The van der Waals surface area contributed by atoms with Crippen LogP contribution in [0.2, 0.25) is 5.02 Å². The number of fused-ring (bicyclic) bond motifs is 1. The molecule has 4 aromatic rings. The molecule has 4 nitrogen and oxygen atoms in total. The molecule has 0 unspecified atom stereocenters. The van der Waals surface area contributed by atoms with Crippen LogP contribution >= 0.6 is 23.8 Å². The van der Waals surface area contributed by atoms with E-state index in [0.29, 0.717) is 32.7 Å². The van der Waals surface area contributed by atoms with Crippen LogP contribution in [0.15, 0.2) is 65.5 Å². The highest BCUT2D eigenvalue weighted by Gasteiger charge is 2.12. The summed E-state index contributed by atoms with van der Waals surface area (Å²) in [6.45, 7) is 1.95. The lowest BCUT2D eigenvalue weighted by atomic mass is 9.97. The van der Waals surface area contributed by atoms with Gasteiger partial charge < -0.3 is 4.98 Å². The second kappa shape index (κ2) is 8.01. The minimum atomic E-state index is -0.109. The Kier molecular flexibility index (Phi) is 5.41. The van der Waals surface area contributed by atoms with Crippen LogP contribution in [0, 0.1) is 11.7 Å². The minimum absolute atomic E-state index is 0.0551. The summed E-state index contributed by atoms with van der Waals surface area (Å²) >= 11 is 11.2. The van der Waals surface area contributed by atoms with E-state index in [1.807, 2.05) is 43.3 Å². The molecule has 1 N–H and O–H groups in total. The Morgan fingerprint density at radius 2 is 1.60 bits per heavy atom. The van der Waals surface area contributed by atoms with Gasteiger partial charge in [0.25, 0.3) is 5.56 Å². The van der Waals surface area contributed by atoms with Crippen LogP contribution in [0.25, 0.3) is 10.9 Å². The van der Waals surface area contributed by atoms with Gasteiger partial charge in [-0.2, -0.15) is 0 Å². The fourth-order valence-electron chi connectivity index (χ4n) is 3.52. The summed E-state index contributed by atoms with van der Waals surface area (Å²) < 4.78 is 1.85. The smallest absolute Gasteiger partial charge is 0.262 e. The van der Waals surface area contributed by atoms with E-state index in [0.717, 1.165) is 22.2 Å². The average Bonchev–Trinajstić information content (AvgIpc) is 2.75. The number of carbonyl (C=O) groups excluding carboxylic acids is 1. The van der Waals surface area contributed by atoms with Crippen molar-refractivity contribution >= 4 is 40.5 Å². The van der Waals surface area contributed by atoms with Crippen molar-refractivity contribution in [3.05, 3.63) is 109 Å². The van der Waals surface area contributed by atoms with Crippen LogP contribution in [0.4, 0.5) is 0 Å². The average molecular weight is 435 g/mol. The lowest BCUT2D eigenvalue weighted by Gasteiger charge is -2.11. The minimum Gasteiger partial charge on any atom is -0.331 e. The molecule has 0 aliphatic heterocycles. The highest BCUT2D eigenvalue weighted by atomic mass is 35.5. The first-order chi connectivity index (χ1) is 14.3. The van der Waals surface area contributed by atoms with Gasteiger partial charge in [0, 0.05) is 23.2 Å². The van der Waals surface area contributed by atoms with Crippen molar-refractivity contribution < 1.29 is 4.79 Å². The van der Waals surface area contributed by atoms with Crippen molar-refractivity contribution in [3.63, 3.8) is 0 Å². The van der Waals surface area contributed by atoms with Gasteiger partial charge in [-0.1, -0.05) is 48.0 Å². The van der Waals surface area contributed by atoms with E-state index in [9.17, 15) is 9.59 Å². The molecule has 0 atom stereocenters. The molecular weight excluding hydrogens is 416 g/mol. The zero-order chi connectivity index (χ0) is 21.4. The molecule has 6 heteroatoms. The highest BCUT2D eigenvalue weighted by molar-refractivity contribution is 7.71. The van der Waals surface area contributed by atoms with E-state index in [2.05, 4.69) is 4.98 Å². The van der Waals surface area contributed by atoms with Gasteiger partial charge in [-0.05, 0) is 66.5 Å². The van der Waals surface area contributed by atoms with Gasteiger partial charge in [0.2, 0.25) is 0 Å². The fraction of sp³-hybridized carbons (Fsp3) is 0.125. The van der Waals surface area contributed by atoms with Gasteiger partial charge in [0.1, 0.15) is 0 Å². The van der Waals surface area contributed by atoms with Gasteiger partial charge >= 0.3 is 0 Å². The third kappa shape index (κ3) is 3.74. The number of H-pyrrole nitrogens is 1. The maximum absolute atomic E-state index is 12.9. The van der Waals surface area contributed by atoms with Crippen LogP contribution in [0.5, 0.6) is 0 Å². The maximum Gasteiger partial charge on any atom is 0.262 e. The lowest BCUT2D eigenvalue weighted by Crippen LogP contribution is -2.20. The molecule has 30 heavy (non-hydrogen) atoms. The van der Waals surface area contributed by atoms with Gasteiger partial charge in [-0.3, -0.25) is 14.2 Å². The number of nitrogens with one attached hydrogen (secondary N) is 1. The van der Waals surface area contributed by atoms with Crippen LogP contribution < -0.4 is 5.56 Å². The molecule has 0 radical (unpaired) electrons. The summed E-state index contributed by atoms with van der Waals surface area (Å²) in [5.74, 6) is -0.0551. The summed E-state index contributed by atoms with van der Waals surface area (Å²) in [5, 5.41) is 1.24. The van der Waals surface area contributed by atoms with E-state index < -0.39 is 0 Å². The number of rotatable bonds is 4. The van der Waals surface area contributed by atoms with E-state index >= 15 is 0 Å². The predicted molar refractivity (Wildman–Crippen MR) is 123 cm³/mol. The molecule has 0 spiro atoms. The molecule has 0 amide bonds.